The normalized spacial score (nSPS) is 13.5. The molecule has 0 aromatic rings. The van der Waals surface area contributed by atoms with E-state index in [9.17, 15) is 0 Å². The maximum absolute atomic E-state index is 3.97. The fraction of sp³-hybridized carbons (Fsp3) is 0.500. The molecule has 0 saturated heterocycles. The van der Waals surface area contributed by atoms with E-state index in [1.807, 2.05) is 19.2 Å². The summed E-state index contributed by atoms with van der Waals surface area (Å²) in [7, 11) is 0. The lowest BCUT2D eigenvalue weighted by molar-refractivity contribution is 0.952. The topological polar surface area (TPSA) is 12.4 Å². The van der Waals surface area contributed by atoms with Gasteiger partial charge in [0.1, 0.15) is 0 Å². The van der Waals surface area contributed by atoms with Gasteiger partial charge in [0.2, 0.25) is 0 Å². The molecule has 0 rings (SSSR count). The second-order valence-electron chi connectivity index (χ2n) is 2.46. The summed E-state index contributed by atoms with van der Waals surface area (Å²) in [5.74, 6) is 0. The second-order valence-corrected chi connectivity index (χ2v) is 2.46. The van der Waals surface area contributed by atoms with E-state index < -0.39 is 0 Å². The fourth-order valence-corrected chi connectivity index (χ4v) is 0.687. The molecule has 11 heavy (non-hydrogen) atoms. The van der Waals surface area contributed by atoms with Crippen molar-refractivity contribution in [2.24, 2.45) is 4.99 Å². The van der Waals surface area contributed by atoms with Crippen molar-refractivity contribution in [3.63, 3.8) is 0 Å². The van der Waals surface area contributed by atoms with E-state index in [0.717, 1.165) is 6.42 Å². The van der Waals surface area contributed by atoms with Crippen LogP contribution in [0.3, 0.4) is 0 Å². The molecule has 0 amide bonds. The van der Waals surface area contributed by atoms with Crippen LogP contribution >= 0.6 is 0 Å². The molecule has 1 heteroatoms. The van der Waals surface area contributed by atoms with Crippen LogP contribution in [0.5, 0.6) is 0 Å². The molecule has 0 radical (unpaired) electrons. The Morgan fingerprint density at radius 1 is 1.45 bits per heavy atom. The first kappa shape index (κ1) is 10.2. The number of unbranched alkanes of at least 4 members (excludes halogenated alkanes) is 1. The second kappa shape index (κ2) is 7.26. The minimum atomic E-state index is 1.16. The highest BCUT2D eigenvalue weighted by atomic mass is 14.6. The molecule has 0 aromatic heterocycles. The molecule has 0 aliphatic carbocycles. The van der Waals surface area contributed by atoms with Crippen LogP contribution in [0.4, 0.5) is 0 Å². The minimum Gasteiger partial charge on any atom is -0.269 e. The number of hydrogen-bond donors (Lipinski definition) is 0. The minimum absolute atomic E-state index is 1.16. The van der Waals surface area contributed by atoms with Gasteiger partial charge in [-0.15, -0.1) is 0 Å². The van der Waals surface area contributed by atoms with E-state index in [0.29, 0.717) is 0 Å². The van der Waals surface area contributed by atoms with Gasteiger partial charge >= 0.3 is 0 Å². The van der Waals surface area contributed by atoms with Gasteiger partial charge in [0.05, 0.1) is 0 Å². The summed E-state index contributed by atoms with van der Waals surface area (Å²) >= 11 is 0. The van der Waals surface area contributed by atoms with Crippen molar-refractivity contribution >= 4 is 6.21 Å². The maximum atomic E-state index is 3.97. The predicted octanol–water partition coefficient (Wildman–Crippen LogP) is 3.34. The van der Waals surface area contributed by atoms with Crippen LogP contribution < -0.4 is 0 Å². The van der Waals surface area contributed by atoms with E-state index in [1.54, 1.807) is 6.21 Å². The van der Waals surface area contributed by atoms with Gasteiger partial charge in [0, 0.05) is 12.4 Å². The Kier molecular flexibility index (Phi) is 6.70. The molecule has 62 valence electrons. The predicted molar refractivity (Wildman–Crippen MR) is 52.0 cm³/mol. The first-order valence-corrected chi connectivity index (χ1v) is 4.12. The summed E-state index contributed by atoms with van der Waals surface area (Å²) in [6, 6.07) is 0. The quantitative estimate of drug-likeness (QED) is 0.431. The summed E-state index contributed by atoms with van der Waals surface area (Å²) in [5.41, 5.74) is 1.29. The molecule has 0 aromatic carbocycles. The van der Waals surface area contributed by atoms with E-state index in [4.69, 9.17) is 0 Å². The van der Waals surface area contributed by atoms with Crippen LogP contribution in [-0.4, -0.2) is 6.21 Å². The maximum Gasteiger partial charge on any atom is 0.0266 e. The average Bonchev–Trinajstić information content (AvgIpc) is 2.01. The van der Waals surface area contributed by atoms with Crippen molar-refractivity contribution in [2.75, 3.05) is 0 Å². The molecule has 0 saturated carbocycles. The van der Waals surface area contributed by atoms with Crippen molar-refractivity contribution in [3.8, 4) is 0 Å². The van der Waals surface area contributed by atoms with Crippen molar-refractivity contribution in [1.29, 1.82) is 0 Å². The van der Waals surface area contributed by atoms with Gasteiger partial charge in [-0.1, -0.05) is 25.0 Å². The lowest BCUT2D eigenvalue weighted by Crippen LogP contribution is -1.68. The number of allylic oxidation sites excluding steroid dienone is 3. The van der Waals surface area contributed by atoms with Crippen LogP contribution in [0.2, 0.25) is 0 Å². The zero-order valence-electron chi connectivity index (χ0n) is 7.67. The molecule has 1 nitrogen and oxygen atoms in total. The molecule has 0 aliphatic rings. The van der Waals surface area contributed by atoms with Crippen LogP contribution in [0.15, 0.2) is 28.9 Å². The van der Waals surface area contributed by atoms with Crippen molar-refractivity contribution in [1.82, 2.24) is 0 Å². The zero-order valence-corrected chi connectivity index (χ0v) is 7.67. The third-order valence-electron chi connectivity index (χ3n) is 1.33. The molecule has 0 aliphatic heterocycles. The van der Waals surface area contributed by atoms with Gasteiger partial charge in [0.15, 0.2) is 0 Å². The first-order chi connectivity index (χ1) is 5.31. The SMILES string of the molecule is CC=N/C=C\C(C)=C/CCC. The van der Waals surface area contributed by atoms with Gasteiger partial charge in [-0.2, -0.15) is 0 Å². The van der Waals surface area contributed by atoms with Gasteiger partial charge < -0.3 is 0 Å². The molecular weight excluding hydrogens is 134 g/mol. The Morgan fingerprint density at radius 3 is 2.73 bits per heavy atom. The van der Waals surface area contributed by atoms with Crippen molar-refractivity contribution in [3.05, 3.63) is 23.9 Å². The van der Waals surface area contributed by atoms with E-state index in [1.165, 1.54) is 12.0 Å². The summed E-state index contributed by atoms with van der Waals surface area (Å²) in [5, 5.41) is 0. The first-order valence-electron chi connectivity index (χ1n) is 4.12. The van der Waals surface area contributed by atoms with Crippen molar-refractivity contribution < 1.29 is 0 Å². The molecule has 0 atom stereocenters. The lowest BCUT2D eigenvalue weighted by Gasteiger charge is -1.88. The molecule has 0 bridgehead atoms. The zero-order chi connectivity index (χ0) is 8.53. The Hall–Kier alpha value is -0.850. The lowest BCUT2D eigenvalue weighted by atomic mass is 10.2. The van der Waals surface area contributed by atoms with Crippen LogP contribution in [0, 0.1) is 0 Å². The van der Waals surface area contributed by atoms with Gasteiger partial charge in [-0.25, -0.2) is 0 Å². The highest BCUT2D eigenvalue weighted by Crippen LogP contribution is 1.99. The van der Waals surface area contributed by atoms with E-state index in [2.05, 4.69) is 24.9 Å². The fourth-order valence-electron chi connectivity index (χ4n) is 0.687. The summed E-state index contributed by atoms with van der Waals surface area (Å²) < 4.78 is 0. The third kappa shape index (κ3) is 7.04. The van der Waals surface area contributed by atoms with Gasteiger partial charge in [-0.05, 0) is 26.3 Å². The molecule has 0 spiro atoms. The molecule has 0 N–H and O–H groups in total. The summed E-state index contributed by atoms with van der Waals surface area (Å²) in [6.07, 6.45) is 10.2. The Bertz CT molecular complexity index is 164. The van der Waals surface area contributed by atoms with Crippen LogP contribution in [0.1, 0.15) is 33.6 Å². The van der Waals surface area contributed by atoms with Gasteiger partial charge in [0.25, 0.3) is 0 Å². The number of aliphatic imine (C=N–C) groups is 1. The smallest absolute Gasteiger partial charge is 0.0266 e. The highest BCUT2D eigenvalue weighted by molar-refractivity contribution is 5.54. The number of hydrogen-bond acceptors (Lipinski definition) is 1. The molecular formula is C10H17N. The Labute approximate surface area is 69.5 Å². The Balaban J connectivity index is 3.74. The average molecular weight is 151 g/mol. The number of nitrogens with zero attached hydrogens (tertiary/aromatic N) is 1. The third-order valence-corrected chi connectivity index (χ3v) is 1.33. The van der Waals surface area contributed by atoms with Crippen LogP contribution in [0.25, 0.3) is 0 Å². The van der Waals surface area contributed by atoms with E-state index >= 15 is 0 Å². The number of rotatable bonds is 4. The largest absolute Gasteiger partial charge is 0.269 e. The molecule has 0 heterocycles. The van der Waals surface area contributed by atoms with Crippen molar-refractivity contribution in [2.45, 2.75) is 33.6 Å². The van der Waals surface area contributed by atoms with E-state index in [-0.39, 0.29) is 0 Å². The summed E-state index contributed by atoms with van der Waals surface area (Å²) in [6.45, 7) is 6.18. The van der Waals surface area contributed by atoms with Gasteiger partial charge in [-0.3, -0.25) is 4.99 Å². The molecule has 0 unspecified atom stereocenters. The standard InChI is InChI=1S/C10H17N/c1-4-6-7-10(3)8-9-11-5-2/h5,7-9H,4,6H2,1-3H3/b9-8-,10-7-,11-5?. The Morgan fingerprint density at radius 2 is 2.18 bits per heavy atom. The molecule has 0 fully saturated rings. The highest BCUT2D eigenvalue weighted by Gasteiger charge is 1.78. The summed E-state index contributed by atoms with van der Waals surface area (Å²) in [4.78, 5) is 3.97. The van der Waals surface area contributed by atoms with Crippen LogP contribution in [-0.2, 0) is 0 Å². The monoisotopic (exact) mass is 151 g/mol.